The molecule has 0 radical (unpaired) electrons. The first kappa shape index (κ1) is 43.3. The number of esters is 3. The number of carboxylic acids is 1. The van der Waals surface area contributed by atoms with Crippen LogP contribution in [0.5, 0.6) is 23.0 Å². The van der Waals surface area contributed by atoms with E-state index in [0.29, 0.717) is 6.42 Å². The summed E-state index contributed by atoms with van der Waals surface area (Å²) in [6.45, 7) is 6.72. The number of piperazine rings is 1. The number of carboxylic acid groups (broad SMARTS) is 1. The third-order valence-electron chi connectivity index (χ3n) is 11.2. The second kappa shape index (κ2) is 15.9. The van der Waals surface area contributed by atoms with Crippen LogP contribution in [0.1, 0.15) is 59.6 Å². The first-order valence-corrected chi connectivity index (χ1v) is 19.5. The highest BCUT2D eigenvalue weighted by atomic mass is 16.5. The van der Waals surface area contributed by atoms with Gasteiger partial charge in [0.1, 0.15) is 35.9 Å². The van der Waals surface area contributed by atoms with Crippen LogP contribution in [0.15, 0.2) is 54.3 Å². The van der Waals surface area contributed by atoms with Crippen LogP contribution in [0.3, 0.4) is 0 Å². The van der Waals surface area contributed by atoms with Crippen LogP contribution < -0.4 is 51.5 Å². The zero-order valence-electron chi connectivity index (χ0n) is 34.7. The Morgan fingerprint density at radius 3 is 1.78 bits per heavy atom. The monoisotopic (exact) mass is 863 g/mol. The lowest BCUT2D eigenvalue weighted by Gasteiger charge is -2.36. The number of carbonyl (C=O) groups excluding carboxylic acids is 5. The van der Waals surface area contributed by atoms with Gasteiger partial charge < -0.3 is 38.8 Å². The van der Waals surface area contributed by atoms with Crippen molar-refractivity contribution in [3.05, 3.63) is 87.3 Å². The average Bonchev–Trinajstić information content (AvgIpc) is 3.22. The minimum atomic E-state index is -1.44. The van der Waals surface area contributed by atoms with Crippen LogP contribution >= 0.6 is 0 Å². The Kier molecular flexibility index (Phi) is 10.9. The molecular formula is C44H37N3O16. The van der Waals surface area contributed by atoms with Crippen LogP contribution in [-0.2, 0) is 35.3 Å². The first-order chi connectivity index (χ1) is 29.7. The van der Waals surface area contributed by atoms with E-state index in [0.717, 1.165) is 49.5 Å². The van der Waals surface area contributed by atoms with Crippen LogP contribution in [0.25, 0.3) is 53.9 Å². The maximum atomic E-state index is 15.0. The van der Waals surface area contributed by atoms with Crippen molar-refractivity contribution in [3.63, 3.8) is 0 Å². The van der Waals surface area contributed by atoms with Gasteiger partial charge in [0.2, 0.25) is 28.1 Å². The number of fused-ring (bicyclic) bond motifs is 6. The second-order valence-corrected chi connectivity index (χ2v) is 15.1. The Morgan fingerprint density at radius 1 is 0.714 bits per heavy atom. The van der Waals surface area contributed by atoms with E-state index in [9.17, 15) is 53.1 Å². The minimum absolute atomic E-state index is 0.136. The maximum Gasteiger partial charge on any atom is 0.328 e. The lowest BCUT2D eigenvalue weighted by atomic mass is 9.91. The molecule has 0 saturated carbocycles. The predicted molar refractivity (Wildman–Crippen MR) is 226 cm³/mol. The molecule has 5 aromatic carbocycles. The molecule has 0 aliphatic carbocycles. The first-order valence-electron chi connectivity index (χ1n) is 19.5. The number of pyridine rings is 1. The van der Waals surface area contributed by atoms with Gasteiger partial charge in [0.05, 0.1) is 40.6 Å². The number of nitrogens with one attached hydrogen (secondary N) is 1. The Labute approximate surface area is 353 Å². The number of nitrogens with zero attached hydrogens (tertiary/aromatic N) is 2. The molecule has 1 aromatic heterocycles. The Hall–Kier alpha value is -7.83. The van der Waals surface area contributed by atoms with Crippen molar-refractivity contribution in [1.29, 1.82) is 0 Å². The lowest BCUT2D eigenvalue weighted by molar-refractivity contribution is -0.151. The molecule has 19 heteroatoms. The van der Waals surface area contributed by atoms with Crippen molar-refractivity contribution in [2.45, 2.75) is 72.5 Å². The molecule has 2 heterocycles. The zero-order valence-corrected chi connectivity index (χ0v) is 34.7. The van der Waals surface area contributed by atoms with Gasteiger partial charge in [0.25, 0.3) is 5.56 Å². The molecule has 0 bridgehead atoms. The molecule has 2 amide bonds. The van der Waals surface area contributed by atoms with Crippen molar-refractivity contribution in [2.75, 3.05) is 13.7 Å². The Morgan fingerprint density at radius 2 is 1.25 bits per heavy atom. The number of amides is 2. The summed E-state index contributed by atoms with van der Waals surface area (Å²) in [5.74, 6) is -8.16. The molecule has 1 fully saturated rings. The van der Waals surface area contributed by atoms with Crippen LogP contribution in [-0.4, -0.2) is 76.0 Å². The van der Waals surface area contributed by atoms with Crippen molar-refractivity contribution >= 4 is 89.6 Å². The molecule has 3 unspecified atom stereocenters. The maximum absolute atomic E-state index is 15.0. The van der Waals surface area contributed by atoms with E-state index in [-0.39, 0.29) is 33.4 Å². The van der Waals surface area contributed by atoms with Gasteiger partial charge in [0.15, 0.2) is 11.2 Å². The van der Waals surface area contributed by atoms with Crippen LogP contribution in [0.4, 0.5) is 0 Å². The lowest BCUT2D eigenvalue weighted by Crippen LogP contribution is -2.63. The molecule has 1 aliphatic heterocycles. The van der Waals surface area contributed by atoms with E-state index in [4.69, 9.17) is 18.9 Å². The van der Waals surface area contributed by atoms with Gasteiger partial charge in [-0.1, -0.05) is 13.8 Å². The topological polar surface area (TPSA) is 265 Å². The van der Waals surface area contributed by atoms with Crippen molar-refractivity contribution in [2.24, 2.45) is 0 Å². The fraction of sp³-hybridized carbons (Fsp3) is 0.295. The molecular weight excluding hydrogens is 826 g/mol. The number of hydrogen-bond acceptors (Lipinski definition) is 15. The van der Waals surface area contributed by atoms with E-state index >= 15 is 4.79 Å². The SMILES string of the molecule is CCC(C)c1cc2c(=O)c3ccc4c(OC)c5c(=O)c6c(OC(C)=O)ccc(OC(C)=O)c6c(=O)c5c(OC(C)=O)c4c3c(=O)c2c(=O)n1CC(=O)N1CC(C(=O)O)NC(=O)C1C. The third-order valence-corrected chi connectivity index (χ3v) is 11.2. The van der Waals surface area contributed by atoms with E-state index in [1.54, 1.807) is 13.8 Å². The number of rotatable bonds is 9. The summed E-state index contributed by atoms with van der Waals surface area (Å²) >= 11 is 0. The van der Waals surface area contributed by atoms with Gasteiger partial charge in [-0.05, 0) is 49.6 Å². The molecule has 7 rings (SSSR count). The highest BCUT2D eigenvalue weighted by molar-refractivity contribution is 6.24. The highest BCUT2D eigenvalue weighted by Gasteiger charge is 2.38. The minimum Gasteiger partial charge on any atom is -0.495 e. The summed E-state index contributed by atoms with van der Waals surface area (Å²) in [6.07, 6.45) is 0.396. The predicted octanol–water partition coefficient (Wildman–Crippen LogP) is 2.03. The molecule has 19 nitrogen and oxygen atoms in total. The van der Waals surface area contributed by atoms with E-state index in [1.165, 1.54) is 25.1 Å². The Balaban J connectivity index is 1.65. The second-order valence-electron chi connectivity index (χ2n) is 15.1. The number of aliphatic carboxylic acids is 1. The summed E-state index contributed by atoms with van der Waals surface area (Å²) in [5, 5.41) is 7.30. The number of aromatic nitrogens is 1. The molecule has 6 aromatic rings. The number of carbonyl (C=O) groups is 6. The van der Waals surface area contributed by atoms with Gasteiger partial charge in [-0.2, -0.15) is 0 Å². The molecule has 324 valence electrons. The fourth-order valence-corrected chi connectivity index (χ4v) is 8.21. The van der Waals surface area contributed by atoms with Crippen molar-refractivity contribution in [1.82, 2.24) is 14.8 Å². The summed E-state index contributed by atoms with van der Waals surface area (Å²) in [6, 6.07) is 3.51. The molecule has 1 aliphatic rings. The van der Waals surface area contributed by atoms with Gasteiger partial charge in [-0.15, -0.1) is 0 Å². The zero-order chi connectivity index (χ0) is 46.1. The highest BCUT2D eigenvalue weighted by Crippen LogP contribution is 2.44. The van der Waals surface area contributed by atoms with Crippen LogP contribution in [0.2, 0.25) is 0 Å². The molecule has 3 atom stereocenters. The van der Waals surface area contributed by atoms with Gasteiger partial charge in [0, 0.05) is 53.4 Å². The van der Waals surface area contributed by atoms with Crippen molar-refractivity contribution in [3.8, 4) is 23.0 Å². The van der Waals surface area contributed by atoms with E-state index < -0.39 is 143 Å². The standard InChI is InChI=1S/C44H37N3O16/c1-8-16(2)25-13-23-31(43(57)47(25)15-28(51)46-14-24(44(58)59)45-42(56)17(46)3)37(53)29-21(36(23)52)9-10-22-30(29)41(63-20(6)50)35-34(40(22)60-7)38(54)32-26(61-18(4)48)11-12-27(62-19(5)49)33(32)39(35)55/h9-13,16-17,24H,8,14-15H2,1-7H3,(H,45,56)(H,58,59). The summed E-state index contributed by atoms with van der Waals surface area (Å²) in [4.78, 5) is 150. The smallest absolute Gasteiger partial charge is 0.328 e. The number of ether oxygens (including phenoxy) is 4. The fourth-order valence-electron chi connectivity index (χ4n) is 8.21. The quantitative estimate of drug-likeness (QED) is 0.0911. The van der Waals surface area contributed by atoms with E-state index in [2.05, 4.69) is 5.32 Å². The van der Waals surface area contributed by atoms with E-state index in [1.807, 2.05) is 0 Å². The molecule has 1 saturated heterocycles. The average molecular weight is 864 g/mol. The molecule has 0 spiro atoms. The largest absolute Gasteiger partial charge is 0.495 e. The molecule has 63 heavy (non-hydrogen) atoms. The van der Waals surface area contributed by atoms with Crippen molar-refractivity contribution < 1.29 is 52.8 Å². The third kappa shape index (κ3) is 6.90. The molecule has 2 N–H and O–H groups in total. The van der Waals surface area contributed by atoms with Gasteiger partial charge >= 0.3 is 23.9 Å². The number of methoxy groups -OCH3 is 1. The number of benzene rings is 5. The summed E-state index contributed by atoms with van der Waals surface area (Å²) in [5.41, 5.74) is -4.98. The number of hydrogen-bond donors (Lipinski definition) is 2. The van der Waals surface area contributed by atoms with Gasteiger partial charge in [-0.25, -0.2) is 4.79 Å². The Bertz CT molecular complexity index is 3380. The van der Waals surface area contributed by atoms with Gasteiger partial charge in [-0.3, -0.25) is 47.9 Å². The summed E-state index contributed by atoms with van der Waals surface area (Å²) in [7, 11) is 1.13. The van der Waals surface area contributed by atoms with Crippen LogP contribution in [0, 0.1) is 0 Å². The normalized spacial score (nSPS) is 15.7. The summed E-state index contributed by atoms with van der Waals surface area (Å²) < 4.78 is 22.9.